The van der Waals surface area contributed by atoms with Crippen molar-refractivity contribution >= 4 is 23.6 Å². The Bertz CT molecular complexity index is 873. The zero-order chi connectivity index (χ0) is 18.3. The van der Waals surface area contributed by atoms with Gasteiger partial charge in [-0.05, 0) is 25.2 Å². The van der Waals surface area contributed by atoms with Crippen LogP contribution in [0, 0.1) is 0 Å². The minimum absolute atomic E-state index is 0.358. The van der Waals surface area contributed by atoms with Crippen molar-refractivity contribution in [2.45, 2.75) is 45.1 Å². The molecule has 0 fully saturated rings. The van der Waals surface area contributed by atoms with Gasteiger partial charge in [-0.3, -0.25) is 5.10 Å². The predicted octanol–water partition coefficient (Wildman–Crippen LogP) is 2.38. The standard InChI is InChI=1S/C18H22N6O2/c1-10(2)13-9-15(23-22-13)20-16-11-5-3-6-12(11)19-18(21-16)24-8-4-7-14(24)17(25)26/h4,7,9-10,14H,3,5-6,8H2,1-2H3,(H,25,26)(H2,19,20,21,22,23)/t14-/m0/s1. The quantitative estimate of drug-likeness (QED) is 0.708. The summed E-state index contributed by atoms with van der Waals surface area (Å²) in [6.07, 6.45) is 6.34. The lowest BCUT2D eigenvalue weighted by atomic mass is 10.1. The number of anilines is 3. The number of aryl methyl sites for hydroxylation is 1. The van der Waals surface area contributed by atoms with E-state index in [1.165, 1.54) is 0 Å². The molecule has 0 spiro atoms. The predicted molar refractivity (Wildman–Crippen MR) is 97.9 cm³/mol. The first-order valence-electron chi connectivity index (χ1n) is 8.91. The third-order valence-electron chi connectivity index (χ3n) is 4.85. The topological polar surface area (TPSA) is 107 Å². The number of rotatable bonds is 5. The van der Waals surface area contributed by atoms with E-state index in [2.05, 4.69) is 39.3 Å². The van der Waals surface area contributed by atoms with Crippen LogP contribution in [0.3, 0.4) is 0 Å². The van der Waals surface area contributed by atoms with Gasteiger partial charge in [-0.2, -0.15) is 10.1 Å². The summed E-state index contributed by atoms with van der Waals surface area (Å²) in [5.41, 5.74) is 3.14. The van der Waals surface area contributed by atoms with E-state index in [0.717, 1.165) is 42.0 Å². The van der Waals surface area contributed by atoms with Gasteiger partial charge in [-0.15, -0.1) is 0 Å². The van der Waals surface area contributed by atoms with E-state index in [1.54, 1.807) is 11.0 Å². The lowest BCUT2D eigenvalue weighted by Gasteiger charge is -2.23. The van der Waals surface area contributed by atoms with Crippen LogP contribution in [0.4, 0.5) is 17.6 Å². The second kappa shape index (κ2) is 6.44. The van der Waals surface area contributed by atoms with Gasteiger partial charge in [-0.25, -0.2) is 9.78 Å². The maximum absolute atomic E-state index is 11.5. The van der Waals surface area contributed by atoms with E-state index in [-0.39, 0.29) is 0 Å². The number of aliphatic carboxylic acids is 1. The van der Waals surface area contributed by atoms with Crippen molar-refractivity contribution in [3.63, 3.8) is 0 Å². The van der Waals surface area contributed by atoms with Gasteiger partial charge in [0.25, 0.3) is 0 Å². The van der Waals surface area contributed by atoms with Gasteiger partial charge < -0.3 is 15.3 Å². The molecule has 0 aromatic carbocycles. The number of aromatic amines is 1. The molecule has 2 aromatic heterocycles. The fourth-order valence-corrected chi connectivity index (χ4v) is 3.41. The minimum Gasteiger partial charge on any atom is -0.479 e. The molecule has 1 aliphatic carbocycles. The van der Waals surface area contributed by atoms with E-state index in [1.807, 2.05) is 12.1 Å². The van der Waals surface area contributed by atoms with Crippen LogP contribution in [0.2, 0.25) is 0 Å². The number of carbonyl (C=O) groups is 1. The molecule has 136 valence electrons. The van der Waals surface area contributed by atoms with Crippen molar-refractivity contribution in [1.82, 2.24) is 20.2 Å². The van der Waals surface area contributed by atoms with E-state index in [4.69, 9.17) is 0 Å². The molecule has 1 aliphatic heterocycles. The van der Waals surface area contributed by atoms with E-state index >= 15 is 0 Å². The summed E-state index contributed by atoms with van der Waals surface area (Å²) in [6, 6.07) is 1.26. The molecule has 1 atom stereocenters. The van der Waals surface area contributed by atoms with Crippen molar-refractivity contribution in [1.29, 1.82) is 0 Å². The number of hydrogen-bond acceptors (Lipinski definition) is 6. The molecule has 3 N–H and O–H groups in total. The Morgan fingerprint density at radius 1 is 1.38 bits per heavy atom. The van der Waals surface area contributed by atoms with Gasteiger partial charge >= 0.3 is 5.97 Å². The summed E-state index contributed by atoms with van der Waals surface area (Å²) in [4.78, 5) is 22.5. The second-order valence-corrected chi connectivity index (χ2v) is 7.00. The lowest BCUT2D eigenvalue weighted by Crippen LogP contribution is -2.37. The zero-order valence-corrected chi connectivity index (χ0v) is 14.9. The van der Waals surface area contributed by atoms with Gasteiger partial charge in [0.1, 0.15) is 11.9 Å². The molecule has 0 saturated carbocycles. The van der Waals surface area contributed by atoms with Crippen molar-refractivity contribution in [3.8, 4) is 0 Å². The molecule has 4 rings (SSSR count). The van der Waals surface area contributed by atoms with Crippen LogP contribution in [0.5, 0.6) is 0 Å². The van der Waals surface area contributed by atoms with Crippen molar-refractivity contribution in [2.24, 2.45) is 0 Å². The lowest BCUT2D eigenvalue weighted by molar-refractivity contribution is -0.137. The van der Waals surface area contributed by atoms with Gasteiger partial charge in [0.05, 0.1) is 5.69 Å². The molecule has 26 heavy (non-hydrogen) atoms. The van der Waals surface area contributed by atoms with Crippen LogP contribution in [-0.2, 0) is 17.6 Å². The van der Waals surface area contributed by atoms with Gasteiger partial charge in [0.2, 0.25) is 5.95 Å². The molecule has 2 aliphatic rings. The number of aromatic nitrogens is 4. The number of nitrogens with zero attached hydrogens (tertiary/aromatic N) is 4. The molecule has 0 radical (unpaired) electrons. The third kappa shape index (κ3) is 2.91. The van der Waals surface area contributed by atoms with Crippen LogP contribution >= 0.6 is 0 Å². The molecular formula is C18H22N6O2. The van der Waals surface area contributed by atoms with Gasteiger partial charge in [-0.1, -0.05) is 26.0 Å². The van der Waals surface area contributed by atoms with Crippen LogP contribution in [0.25, 0.3) is 0 Å². The third-order valence-corrected chi connectivity index (χ3v) is 4.85. The molecule has 0 saturated heterocycles. The fraction of sp³-hybridized carbons (Fsp3) is 0.444. The summed E-state index contributed by atoms with van der Waals surface area (Å²) in [5.74, 6) is 1.34. The Kier molecular flexibility index (Phi) is 4.10. The van der Waals surface area contributed by atoms with E-state index in [9.17, 15) is 9.90 Å². The number of nitrogens with one attached hydrogen (secondary N) is 2. The van der Waals surface area contributed by atoms with Gasteiger partial charge in [0.15, 0.2) is 5.82 Å². The Balaban J connectivity index is 1.68. The first-order chi connectivity index (χ1) is 12.5. The summed E-state index contributed by atoms with van der Waals surface area (Å²) in [6.45, 7) is 4.70. The molecule has 0 bridgehead atoms. The Labute approximate surface area is 151 Å². The van der Waals surface area contributed by atoms with Gasteiger partial charge in [0, 0.05) is 23.9 Å². The average Bonchev–Trinajstić information content (AvgIpc) is 3.34. The minimum atomic E-state index is -0.897. The van der Waals surface area contributed by atoms with Crippen LogP contribution in [-0.4, -0.2) is 43.8 Å². The zero-order valence-electron chi connectivity index (χ0n) is 14.9. The highest BCUT2D eigenvalue weighted by Crippen LogP contribution is 2.31. The molecule has 0 unspecified atom stereocenters. The summed E-state index contributed by atoms with van der Waals surface area (Å²) in [5, 5.41) is 20.1. The maximum atomic E-state index is 11.5. The number of carboxylic acid groups (broad SMARTS) is 1. The van der Waals surface area contributed by atoms with Crippen LogP contribution in [0.15, 0.2) is 18.2 Å². The largest absolute Gasteiger partial charge is 0.479 e. The molecule has 8 nitrogen and oxygen atoms in total. The summed E-state index contributed by atoms with van der Waals surface area (Å²) >= 11 is 0. The molecule has 3 heterocycles. The Morgan fingerprint density at radius 3 is 2.96 bits per heavy atom. The monoisotopic (exact) mass is 354 g/mol. The normalized spacial score (nSPS) is 18.6. The molecule has 0 amide bonds. The number of fused-ring (bicyclic) bond motifs is 1. The first kappa shape index (κ1) is 16.6. The second-order valence-electron chi connectivity index (χ2n) is 7.00. The highest BCUT2D eigenvalue weighted by molar-refractivity contribution is 5.81. The Hall–Kier alpha value is -2.90. The number of H-pyrrole nitrogens is 1. The molecule has 8 heteroatoms. The van der Waals surface area contributed by atoms with E-state index in [0.29, 0.717) is 24.2 Å². The van der Waals surface area contributed by atoms with Crippen molar-refractivity contribution < 1.29 is 9.90 Å². The number of carboxylic acids is 1. The summed E-state index contributed by atoms with van der Waals surface area (Å²) < 4.78 is 0. The fourth-order valence-electron chi connectivity index (χ4n) is 3.41. The maximum Gasteiger partial charge on any atom is 0.330 e. The van der Waals surface area contributed by atoms with Crippen LogP contribution < -0.4 is 10.2 Å². The molecule has 2 aromatic rings. The first-order valence-corrected chi connectivity index (χ1v) is 8.91. The number of hydrogen-bond donors (Lipinski definition) is 3. The van der Waals surface area contributed by atoms with Crippen LogP contribution in [0.1, 0.15) is 43.1 Å². The van der Waals surface area contributed by atoms with Crippen molar-refractivity contribution in [2.75, 3.05) is 16.8 Å². The SMILES string of the molecule is CC(C)c1cc(Nc2nc(N3CC=C[C@H]3C(=O)O)nc3c2CCC3)n[nH]1. The smallest absolute Gasteiger partial charge is 0.330 e. The van der Waals surface area contributed by atoms with E-state index < -0.39 is 12.0 Å². The molecular weight excluding hydrogens is 332 g/mol. The Morgan fingerprint density at radius 2 is 2.23 bits per heavy atom. The highest BCUT2D eigenvalue weighted by Gasteiger charge is 2.30. The van der Waals surface area contributed by atoms with Crippen molar-refractivity contribution in [3.05, 3.63) is 35.2 Å². The average molecular weight is 354 g/mol. The summed E-state index contributed by atoms with van der Waals surface area (Å²) in [7, 11) is 0. The highest BCUT2D eigenvalue weighted by atomic mass is 16.4.